The van der Waals surface area contributed by atoms with Gasteiger partial charge in [0.15, 0.2) is 0 Å². The van der Waals surface area contributed by atoms with Gasteiger partial charge in [-0.15, -0.1) is 0 Å². The van der Waals surface area contributed by atoms with Gasteiger partial charge in [0.05, 0.1) is 0 Å². The van der Waals surface area contributed by atoms with Gasteiger partial charge in [0.25, 0.3) is 0 Å². The lowest BCUT2D eigenvalue weighted by molar-refractivity contribution is 0.0523. The van der Waals surface area contributed by atoms with Crippen LogP contribution >= 0.6 is 15.9 Å². The topological polar surface area (TPSA) is 47.6 Å². The summed E-state index contributed by atoms with van der Waals surface area (Å²) >= 11 is 3.46. The van der Waals surface area contributed by atoms with Gasteiger partial charge in [-0.3, -0.25) is 0 Å². The number of carbonyl (C=O) groups excluding carboxylic acids is 1. The fraction of sp³-hybridized carbons (Fsp3) is 0.381. The van der Waals surface area contributed by atoms with Crippen molar-refractivity contribution in [2.24, 2.45) is 0 Å². The van der Waals surface area contributed by atoms with Crippen LogP contribution in [0.25, 0.3) is 0 Å². The molecule has 5 heteroatoms. The molecule has 2 atom stereocenters. The van der Waals surface area contributed by atoms with Crippen molar-refractivity contribution in [1.82, 2.24) is 5.32 Å². The highest BCUT2D eigenvalue weighted by molar-refractivity contribution is 9.10. The molecule has 1 amide bonds. The molecule has 3 rings (SSSR count). The molecule has 0 spiro atoms. The molecule has 2 aromatic rings. The van der Waals surface area contributed by atoms with Crippen LogP contribution in [0.2, 0.25) is 0 Å². The molecule has 138 valence electrons. The Morgan fingerprint density at radius 3 is 2.58 bits per heavy atom. The molecule has 1 aliphatic carbocycles. The summed E-state index contributed by atoms with van der Waals surface area (Å²) in [6, 6.07) is 16.3. The Bertz CT molecular complexity index is 768. The summed E-state index contributed by atoms with van der Waals surface area (Å²) in [7, 11) is 0. The molecule has 1 N–H and O–H groups in total. The Balaban J connectivity index is 1.49. The summed E-state index contributed by atoms with van der Waals surface area (Å²) in [5.74, 6) is 1.19. The monoisotopic (exact) mass is 417 g/mol. The Morgan fingerprint density at radius 2 is 1.92 bits per heavy atom. The van der Waals surface area contributed by atoms with E-state index in [9.17, 15) is 4.79 Å². The summed E-state index contributed by atoms with van der Waals surface area (Å²) < 4.78 is 12.2. The van der Waals surface area contributed by atoms with Crippen molar-refractivity contribution in [3.63, 3.8) is 0 Å². The second kappa shape index (κ2) is 7.70. The third-order valence-electron chi connectivity index (χ3n) is 4.10. The first kappa shape index (κ1) is 18.8. The van der Waals surface area contributed by atoms with Gasteiger partial charge < -0.3 is 14.8 Å². The summed E-state index contributed by atoms with van der Waals surface area (Å²) in [6.45, 7) is 6.13. The third-order valence-corrected chi connectivity index (χ3v) is 4.59. The van der Waals surface area contributed by atoms with Gasteiger partial charge in [-0.25, -0.2) is 4.79 Å². The Labute approximate surface area is 163 Å². The minimum absolute atomic E-state index is 0.151. The van der Waals surface area contributed by atoms with Crippen molar-refractivity contribution >= 4 is 22.0 Å². The number of benzene rings is 2. The molecule has 0 bridgehead atoms. The molecule has 0 aromatic heterocycles. The first-order chi connectivity index (χ1) is 12.3. The molecule has 2 unspecified atom stereocenters. The van der Waals surface area contributed by atoms with Gasteiger partial charge >= 0.3 is 6.09 Å². The lowest BCUT2D eigenvalue weighted by atomic mass is 10.1. The van der Waals surface area contributed by atoms with E-state index < -0.39 is 5.60 Å². The van der Waals surface area contributed by atoms with Crippen LogP contribution in [-0.4, -0.2) is 17.7 Å². The van der Waals surface area contributed by atoms with Crippen LogP contribution in [0.15, 0.2) is 53.0 Å². The van der Waals surface area contributed by atoms with E-state index in [0.717, 1.165) is 22.2 Å². The van der Waals surface area contributed by atoms with Crippen molar-refractivity contribution in [1.29, 1.82) is 0 Å². The molecule has 0 radical (unpaired) electrons. The van der Waals surface area contributed by atoms with Crippen LogP contribution in [0.1, 0.15) is 44.2 Å². The van der Waals surface area contributed by atoms with E-state index in [0.29, 0.717) is 12.5 Å². The molecule has 0 aliphatic heterocycles. The maximum Gasteiger partial charge on any atom is 0.407 e. The normalized spacial score (nSPS) is 18.9. The van der Waals surface area contributed by atoms with Crippen molar-refractivity contribution in [3.05, 3.63) is 64.1 Å². The molecular formula is C21H24BrNO3. The summed E-state index contributed by atoms with van der Waals surface area (Å²) in [5.41, 5.74) is 1.86. The molecule has 1 fully saturated rings. The highest BCUT2D eigenvalue weighted by atomic mass is 79.9. The van der Waals surface area contributed by atoms with E-state index in [-0.39, 0.29) is 12.1 Å². The van der Waals surface area contributed by atoms with Crippen LogP contribution in [0.5, 0.6) is 5.75 Å². The molecule has 0 heterocycles. The van der Waals surface area contributed by atoms with Gasteiger partial charge in [-0.05, 0) is 62.6 Å². The van der Waals surface area contributed by atoms with E-state index >= 15 is 0 Å². The molecular weight excluding hydrogens is 394 g/mol. The van der Waals surface area contributed by atoms with Crippen LogP contribution in [-0.2, 0) is 11.3 Å². The highest BCUT2D eigenvalue weighted by Crippen LogP contribution is 2.41. The first-order valence-electron chi connectivity index (χ1n) is 8.77. The second-order valence-electron chi connectivity index (χ2n) is 7.58. The highest BCUT2D eigenvalue weighted by Gasteiger charge is 2.40. The zero-order valence-corrected chi connectivity index (χ0v) is 16.9. The molecule has 26 heavy (non-hydrogen) atoms. The molecule has 2 aromatic carbocycles. The van der Waals surface area contributed by atoms with Gasteiger partial charge in [-0.2, -0.15) is 0 Å². The minimum Gasteiger partial charge on any atom is -0.489 e. The third kappa shape index (κ3) is 5.49. The van der Waals surface area contributed by atoms with E-state index in [4.69, 9.17) is 9.47 Å². The number of carbonyl (C=O) groups is 1. The predicted molar refractivity (Wildman–Crippen MR) is 105 cm³/mol. The Kier molecular flexibility index (Phi) is 5.56. The molecule has 0 saturated heterocycles. The zero-order valence-electron chi connectivity index (χ0n) is 15.3. The smallest absolute Gasteiger partial charge is 0.407 e. The Hall–Kier alpha value is -2.01. The summed E-state index contributed by atoms with van der Waals surface area (Å²) in [4.78, 5) is 11.8. The quantitative estimate of drug-likeness (QED) is 0.707. The van der Waals surface area contributed by atoms with Gasteiger partial charge in [0.2, 0.25) is 0 Å². The van der Waals surface area contributed by atoms with E-state index in [1.165, 1.54) is 5.56 Å². The minimum atomic E-state index is -0.470. The average Bonchev–Trinajstić information content (AvgIpc) is 3.30. The van der Waals surface area contributed by atoms with Crippen molar-refractivity contribution < 1.29 is 14.3 Å². The van der Waals surface area contributed by atoms with Crippen molar-refractivity contribution in [2.75, 3.05) is 0 Å². The molecule has 4 nitrogen and oxygen atoms in total. The zero-order chi connectivity index (χ0) is 18.7. The predicted octanol–water partition coefficient (Wildman–Crippen LogP) is 5.41. The van der Waals surface area contributed by atoms with Crippen molar-refractivity contribution in [3.8, 4) is 5.75 Å². The average molecular weight is 418 g/mol. The lowest BCUT2D eigenvalue weighted by Crippen LogP contribution is -2.34. The standard InChI is InChI=1S/C21H24BrNO3/c1-21(2,3)26-20(24)23-19-12-18(19)15-7-9-17(10-8-15)25-13-14-5-4-6-16(22)11-14/h4-11,18-19H,12-13H2,1-3H3,(H,23,24). The van der Waals surface area contributed by atoms with Crippen LogP contribution in [0, 0.1) is 0 Å². The number of amides is 1. The van der Waals surface area contributed by atoms with Gasteiger partial charge in [-0.1, -0.05) is 40.2 Å². The lowest BCUT2D eigenvalue weighted by Gasteiger charge is -2.19. The van der Waals surface area contributed by atoms with E-state index in [2.05, 4.69) is 33.4 Å². The SMILES string of the molecule is CC(C)(C)OC(=O)NC1CC1c1ccc(OCc2cccc(Br)c2)cc1. The van der Waals surface area contributed by atoms with Crippen LogP contribution in [0.4, 0.5) is 4.79 Å². The number of rotatable bonds is 5. The summed E-state index contributed by atoms with van der Waals surface area (Å²) in [6.07, 6.45) is 0.594. The van der Waals surface area contributed by atoms with E-state index in [1.54, 1.807) is 0 Å². The number of alkyl carbamates (subject to hydrolysis) is 1. The van der Waals surface area contributed by atoms with Crippen molar-refractivity contribution in [2.45, 2.75) is 51.4 Å². The van der Waals surface area contributed by atoms with Gasteiger partial charge in [0.1, 0.15) is 18.0 Å². The summed E-state index contributed by atoms with van der Waals surface area (Å²) in [5, 5.41) is 2.93. The number of halogens is 1. The van der Waals surface area contributed by atoms with Crippen LogP contribution in [0.3, 0.4) is 0 Å². The van der Waals surface area contributed by atoms with E-state index in [1.807, 2.05) is 57.2 Å². The molecule has 1 aliphatic rings. The van der Waals surface area contributed by atoms with Crippen LogP contribution < -0.4 is 10.1 Å². The number of ether oxygens (including phenoxy) is 2. The number of hydrogen-bond donors (Lipinski definition) is 1. The second-order valence-corrected chi connectivity index (χ2v) is 8.50. The molecule has 1 saturated carbocycles. The fourth-order valence-electron chi connectivity index (χ4n) is 2.79. The Morgan fingerprint density at radius 1 is 1.19 bits per heavy atom. The number of nitrogens with one attached hydrogen (secondary N) is 1. The largest absolute Gasteiger partial charge is 0.489 e. The van der Waals surface area contributed by atoms with Gasteiger partial charge in [0, 0.05) is 16.4 Å². The maximum atomic E-state index is 11.8. The number of hydrogen-bond acceptors (Lipinski definition) is 3. The first-order valence-corrected chi connectivity index (χ1v) is 9.56. The maximum absolute atomic E-state index is 11.8. The fourth-order valence-corrected chi connectivity index (χ4v) is 3.23.